The molecule has 0 bridgehead atoms. The van der Waals surface area contributed by atoms with Gasteiger partial charge in [-0.3, -0.25) is 4.79 Å². The second-order valence-corrected chi connectivity index (χ2v) is 10.7. The summed E-state index contributed by atoms with van der Waals surface area (Å²) in [4.78, 5) is 17.0. The number of Topliss-reactive ketones (excluding diaryl/α,β-unsaturated/α-hetero) is 1. The first-order valence-corrected chi connectivity index (χ1v) is 13.2. The molecule has 3 aromatic carbocycles. The van der Waals surface area contributed by atoms with Crippen LogP contribution >= 0.6 is 11.6 Å². The van der Waals surface area contributed by atoms with Crippen molar-refractivity contribution in [1.29, 1.82) is 0 Å². The van der Waals surface area contributed by atoms with Gasteiger partial charge in [-0.05, 0) is 30.3 Å². The van der Waals surface area contributed by atoms with Gasteiger partial charge in [-0.2, -0.15) is 0 Å². The molecule has 37 heavy (non-hydrogen) atoms. The average molecular weight is 547 g/mol. The van der Waals surface area contributed by atoms with Crippen LogP contribution in [0.4, 0.5) is 10.1 Å². The summed E-state index contributed by atoms with van der Waals surface area (Å²) >= 11 is 6.15. The van der Waals surface area contributed by atoms with Crippen molar-refractivity contribution >= 4 is 43.8 Å². The van der Waals surface area contributed by atoms with Gasteiger partial charge in [0.25, 0.3) is 0 Å². The normalized spacial score (nSPS) is 12.3. The highest BCUT2D eigenvalue weighted by Crippen LogP contribution is 2.36. The molecule has 0 saturated heterocycles. The zero-order valence-electron chi connectivity index (χ0n) is 20.4. The Labute approximate surface area is 218 Å². The first-order valence-electron chi connectivity index (χ1n) is 10.9. The van der Waals surface area contributed by atoms with Crippen LogP contribution in [0.2, 0.25) is 5.02 Å². The molecule has 0 fully saturated rings. The van der Waals surface area contributed by atoms with Crippen molar-refractivity contribution < 1.29 is 31.8 Å². The van der Waals surface area contributed by atoms with Gasteiger partial charge >= 0.3 is 0 Å². The number of carbonyl (C=O) groups is 1. The van der Waals surface area contributed by atoms with E-state index in [-0.39, 0.29) is 22.0 Å². The largest absolute Gasteiger partial charge is 0.497 e. The first kappa shape index (κ1) is 26.3. The molecule has 0 spiro atoms. The summed E-state index contributed by atoms with van der Waals surface area (Å²) in [7, 11) is 0.615. The molecule has 1 aromatic heterocycles. The molecule has 11 heteroatoms. The van der Waals surface area contributed by atoms with Crippen LogP contribution in [0.25, 0.3) is 10.9 Å². The second-order valence-electron chi connectivity index (χ2n) is 8.23. The van der Waals surface area contributed by atoms with Gasteiger partial charge in [-0.25, -0.2) is 12.8 Å². The molecule has 0 aliphatic carbocycles. The Balaban J connectivity index is 1.88. The Hall–Kier alpha value is -3.76. The van der Waals surface area contributed by atoms with Crippen molar-refractivity contribution in [1.82, 2.24) is 4.98 Å². The molecule has 2 N–H and O–H groups in total. The van der Waals surface area contributed by atoms with Crippen molar-refractivity contribution in [2.45, 2.75) is 10.9 Å². The number of halogens is 2. The first-order chi connectivity index (χ1) is 17.5. The van der Waals surface area contributed by atoms with E-state index in [0.29, 0.717) is 32.9 Å². The smallest absolute Gasteiger partial charge is 0.191 e. The standard InChI is InChI=1S/C26H24ClFN2O6S/c1-34-16-8-15(9-17(10-16)37(4,32)33)30-25(18-6-5-14(27)7-23(18)35-2)26(31)20-13-29-22-12-24(36-3)21(28)11-19(20)22/h5-13,25,29-30H,1-4H3. The van der Waals surface area contributed by atoms with Crippen LogP contribution in [0.5, 0.6) is 17.2 Å². The number of H-pyrrole nitrogens is 1. The van der Waals surface area contributed by atoms with E-state index >= 15 is 0 Å². The van der Waals surface area contributed by atoms with Crippen LogP contribution < -0.4 is 19.5 Å². The maximum Gasteiger partial charge on any atom is 0.191 e. The van der Waals surface area contributed by atoms with Crippen LogP contribution in [0, 0.1) is 5.82 Å². The van der Waals surface area contributed by atoms with E-state index in [0.717, 1.165) is 6.26 Å². The minimum absolute atomic E-state index is 0.00452. The number of ether oxygens (including phenoxy) is 3. The van der Waals surface area contributed by atoms with Crippen LogP contribution in [-0.4, -0.2) is 46.8 Å². The maximum absolute atomic E-state index is 14.5. The monoisotopic (exact) mass is 546 g/mol. The number of aromatic amines is 1. The number of hydrogen-bond donors (Lipinski definition) is 2. The molecular weight excluding hydrogens is 523 g/mol. The van der Waals surface area contributed by atoms with Gasteiger partial charge in [0.05, 0.1) is 31.7 Å². The molecule has 8 nitrogen and oxygen atoms in total. The molecule has 0 amide bonds. The zero-order valence-corrected chi connectivity index (χ0v) is 22.0. The minimum atomic E-state index is -3.59. The van der Waals surface area contributed by atoms with E-state index < -0.39 is 27.5 Å². The van der Waals surface area contributed by atoms with Gasteiger partial charge in [0.2, 0.25) is 0 Å². The Bertz CT molecular complexity index is 1600. The Morgan fingerprint density at radius 1 is 1.00 bits per heavy atom. The third-order valence-corrected chi connectivity index (χ3v) is 7.17. The molecule has 1 atom stereocenters. The molecule has 0 saturated carbocycles. The highest BCUT2D eigenvalue weighted by Gasteiger charge is 2.28. The number of hydrogen-bond acceptors (Lipinski definition) is 7. The fourth-order valence-corrected chi connectivity index (χ4v) is 4.83. The summed E-state index contributed by atoms with van der Waals surface area (Å²) < 4.78 is 54.9. The van der Waals surface area contributed by atoms with E-state index in [2.05, 4.69) is 10.3 Å². The van der Waals surface area contributed by atoms with E-state index in [1.54, 1.807) is 24.3 Å². The number of carbonyl (C=O) groups excluding carboxylic acids is 1. The molecule has 0 aliphatic rings. The Kier molecular flexibility index (Phi) is 7.33. The van der Waals surface area contributed by atoms with E-state index in [9.17, 15) is 17.6 Å². The SMILES string of the molecule is COc1cc(NC(C(=O)c2c[nH]c3cc(OC)c(F)cc23)c2ccc(Cl)cc2OC)cc(S(C)(=O)=O)c1. The van der Waals surface area contributed by atoms with Crippen molar-refractivity contribution in [2.75, 3.05) is 32.9 Å². The van der Waals surface area contributed by atoms with Gasteiger partial charge in [0.1, 0.15) is 17.5 Å². The number of anilines is 1. The lowest BCUT2D eigenvalue weighted by atomic mass is 9.95. The number of fused-ring (bicyclic) bond motifs is 1. The minimum Gasteiger partial charge on any atom is -0.497 e. The van der Waals surface area contributed by atoms with E-state index in [4.69, 9.17) is 25.8 Å². The lowest BCUT2D eigenvalue weighted by Gasteiger charge is -2.22. The van der Waals surface area contributed by atoms with Crippen molar-refractivity contribution in [3.05, 3.63) is 76.7 Å². The number of ketones is 1. The number of aromatic nitrogens is 1. The maximum atomic E-state index is 14.5. The van der Waals surface area contributed by atoms with E-state index in [1.807, 2.05) is 0 Å². The van der Waals surface area contributed by atoms with Gasteiger partial charge in [0.15, 0.2) is 27.2 Å². The van der Waals surface area contributed by atoms with Crippen molar-refractivity contribution in [3.8, 4) is 17.2 Å². The average Bonchev–Trinajstić information content (AvgIpc) is 3.28. The van der Waals surface area contributed by atoms with Crippen LogP contribution in [0.1, 0.15) is 22.0 Å². The van der Waals surface area contributed by atoms with Crippen LogP contribution in [0.15, 0.2) is 59.6 Å². The topological polar surface area (TPSA) is 107 Å². The highest BCUT2D eigenvalue weighted by atomic mass is 35.5. The third-order valence-electron chi connectivity index (χ3n) is 5.84. The Morgan fingerprint density at radius 3 is 2.38 bits per heavy atom. The molecule has 194 valence electrons. The number of sulfone groups is 1. The molecule has 0 radical (unpaired) electrons. The summed E-state index contributed by atoms with van der Waals surface area (Å²) in [6.45, 7) is 0. The molecule has 1 heterocycles. The van der Waals surface area contributed by atoms with Gasteiger partial charge in [-0.1, -0.05) is 17.7 Å². The van der Waals surface area contributed by atoms with Gasteiger partial charge in [0, 0.05) is 51.8 Å². The lowest BCUT2D eigenvalue weighted by Crippen LogP contribution is -2.22. The third kappa shape index (κ3) is 5.35. The Morgan fingerprint density at radius 2 is 1.73 bits per heavy atom. The molecule has 4 rings (SSSR count). The molecule has 1 unspecified atom stereocenters. The summed E-state index contributed by atoms with van der Waals surface area (Å²) in [5.41, 5.74) is 1.45. The predicted molar refractivity (Wildman–Crippen MR) is 140 cm³/mol. The van der Waals surface area contributed by atoms with Gasteiger partial charge in [-0.15, -0.1) is 0 Å². The fraction of sp³-hybridized carbons (Fsp3) is 0.192. The second kappa shape index (κ2) is 10.3. The summed E-state index contributed by atoms with van der Waals surface area (Å²) in [5, 5.41) is 3.87. The molecular formula is C26H24ClFN2O6S. The number of nitrogens with one attached hydrogen (secondary N) is 2. The highest BCUT2D eigenvalue weighted by molar-refractivity contribution is 7.90. The van der Waals surface area contributed by atoms with Crippen molar-refractivity contribution in [2.24, 2.45) is 0 Å². The lowest BCUT2D eigenvalue weighted by molar-refractivity contribution is 0.0970. The summed E-state index contributed by atoms with van der Waals surface area (Å²) in [5.74, 6) is -0.409. The number of methoxy groups -OCH3 is 3. The quantitative estimate of drug-likeness (QED) is 0.270. The van der Waals surface area contributed by atoms with Crippen molar-refractivity contribution in [3.63, 3.8) is 0 Å². The summed E-state index contributed by atoms with van der Waals surface area (Å²) in [6.07, 6.45) is 2.56. The van der Waals surface area contributed by atoms with E-state index in [1.165, 1.54) is 51.8 Å². The number of rotatable bonds is 9. The molecule has 0 aliphatic heterocycles. The van der Waals surface area contributed by atoms with Crippen LogP contribution in [-0.2, 0) is 9.84 Å². The fourth-order valence-electron chi connectivity index (χ4n) is 4.00. The predicted octanol–water partition coefficient (Wildman–Crippen LogP) is 5.43. The molecule has 4 aromatic rings. The zero-order chi connectivity index (χ0) is 26.9. The summed E-state index contributed by atoms with van der Waals surface area (Å²) in [6, 6.07) is 10.8. The van der Waals surface area contributed by atoms with Gasteiger partial charge < -0.3 is 24.5 Å². The number of benzene rings is 3. The van der Waals surface area contributed by atoms with Crippen LogP contribution in [0.3, 0.4) is 0 Å².